The first-order valence-corrected chi connectivity index (χ1v) is 10.3. The van der Waals surface area contributed by atoms with Crippen LogP contribution >= 0.6 is 0 Å². The molecule has 2 amide bonds. The van der Waals surface area contributed by atoms with Crippen LogP contribution in [0.3, 0.4) is 0 Å². The largest absolute Gasteiger partial charge is 0.338 e. The molecular weight excluding hydrogens is 344 g/mol. The molecule has 0 aromatic carbocycles. The maximum atomic E-state index is 13.1. The lowest BCUT2D eigenvalue weighted by Gasteiger charge is -2.35. The first-order valence-electron chi connectivity index (χ1n) is 10.3. The zero-order valence-electron chi connectivity index (χ0n) is 16.1. The first-order chi connectivity index (χ1) is 13.1. The van der Waals surface area contributed by atoms with Crippen LogP contribution in [0.15, 0.2) is 6.20 Å². The smallest absolute Gasteiger partial charge is 0.276 e. The molecule has 27 heavy (non-hydrogen) atoms. The van der Waals surface area contributed by atoms with E-state index < -0.39 is 0 Å². The van der Waals surface area contributed by atoms with Gasteiger partial charge < -0.3 is 15.5 Å². The summed E-state index contributed by atoms with van der Waals surface area (Å²) in [5.41, 5.74) is 6.37. The van der Waals surface area contributed by atoms with Gasteiger partial charge in [0.2, 0.25) is 5.91 Å². The Morgan fingerprint density at radius 3 is 2.63 bits per heavy atom. The molecule has 5 rings (SSSR count). The molecule has 4 heterocycles. The molecule has 0 radical (unpaired) electrons. The minimum atomic E-state index is -0.100. The van der Waals surface area contributed by atoms with Crippen molar-refractivity contribution in [3.05, 3.63) is 11.9 Å². The van der Waals surface area contributed by atoms with Gasteiger partial charge in [-0.15, -0.1) is 5.10 Å². The monoisotopic (exact) mass is 374 g/mol. The van der Waals surface area contributed by atoms with E-state index in [1.54, 1.807) is 6.20 Å². The normalized spacial score (nSPS) is 31.3. The number of fused-ring (bicyclic) bond motifs is 4. The van der Waals surface area contributed by atoms with Gasteiger partial charge in [0.15, 0.2) is 5.69 Å². The van der Waals surface area contributed by atoms with E-state index in [-0.39, 0.29) is 35.9 Å². The molecule has 0 spiro atoms. The van der Waals surface area contributed by atoms with Crippen LogP contribution in [0.2, 0.25) is 0 Å². The van der Waals surface area contributed by atoms with Crippen LogP contribution in [-0.4, -0.2) is 68.3 Å². The number of hydrogen-bond acceptors (Lipinski definition) is 5. The van der Waals surface area contributed by atoms with Gasteiger partial charge in [0.1, 0.15) is 0 Å². The molecule has 1 aliphatic carbocycles. The highest BCUT2D eigenvalue weighted by Gasteiger charge is 2.42. The summed E-state index contributed by atoms with van der Waals surface area (Å²) in [5, 5.41) is 8.37. The minimum Gasteiger partial charge on any atom is -0.338 e. The summed E-state index contributed by atoms with van der Waals surface area (Å²) in [4.78, 5) is 29.5. The molecule has 1 aromatic heterocycles. The Morgan fingerprint density at radius 2 is 1.89 bits per heavy atom. The number of piperidine rings is 1. The Kier molecular flexibility index (Phi) is 5.16. The van der Waals surface area contributed by atoms with Crippen molar-refractivity contribution < 1.29 is 9.59 Å². The van der Waals surface area contributed by atoms with Gasteiger partial charge in [-0.3, -0.25) is 9.59 Å². The average molecular weight is 374 g/mol. The van der Waals surface area contributed by atoms with Gasteiger partial charge in [-0.05, 0) is 44.9 Å². The number of nitrogens with two attached hydrogens (primary N) is 1. The number of aromatic nitrogens is 3. The molecular formula is C19H30N6O2. The SMILES string of the molecule is CCCN1C(=O)[C@@H]2CC[C@H]1CN(C(=O)c1cn(C3CCC(N)CC3)nn1)C2. The van der Waals surface area contributed by atoms with Crippen LogP contribution in [0, 0.1) is 5.92 Å². The fourth-order valence-electron chi connectivity index (χ4n) is 4.82. The van der Waals surface area contributed by atoms with Crippen molar-refractivity contribution in [1.82, 2.24) is 24.8 Å². The summed E-state index contributed by atoms with van der Waals surface area (Å²) < 4.78 is 1.83. The van der Waals surface area contributed by atoms with E-state index in [4.69, 9.17) is 5.73 Å². The predicted octanol–water partition coefficient (Wildman–Crippen LogP) is 1.19. The van der Waals surface area contributed by atoms with Crippen molar-refractivity contribution in [2.45, 2.75) is 70.0 Å². The van der Waals surface area contributed by atoms with Crippen molar-refractivity contribution in [3.63, 3.8) is 0 Å². The van der Waals surface area contributed by atoms with Crippen LogP contribution in [0.5, 0.6) is 0 Å². The summed E-state index contributed by atoms with van der Waals surface area (Å²) in [6, 6.07) is 0.692. The average Bonchev–Trinajstić information content (AvgIpc) is 3.00. The second-order valence-electron chi connectivity index (χ2n) is 8.32. The maximum absolute atomic E-state index is 13.1. The Bertz CT molecular complexity index is 696. The molecule has 2 atom stereocenters. The van der Waals surface area contributed by atoms with Gasteiger partial charge in [0, 0.05) is 31.7 Å². The fourth-order valence-corrected chi connectivity index (χ4v) is 4.82. The van der Waals surface area contributed by atoms with E-state index in [1.165, 1.54) is 0 Å². The Labute approximate surface area is 160 Å². The molecule has 0 unspecified atom stereocenters. The van der Waals surface area contributed by atoms with Crippen LogP contribution in [0.1, 0.15) is 68.4 Å². The summed E-state index contributed by atoms with van der Waals surface area (Å²) in [7, 11) is 0. The molecule has 1 aromatic rings. The van der Waals surface area contributed by atoms with E-state index in [9.17, 15) is 9.59 Å². The topological polar surface area (TPSA) is 97.4 Å². The van der Waals surface area contributed by atoms with Gasteiger partial charge >= 0.3 is 0 Å². The van der Waals surface area contributed by atoms with Crippen LogP contribution < -0.4 is 5.73 Å². The van der Waals surface area contributed by atoms with E-state index in [2.05, 4.69) is 17.2 Å². The second-order valence-corrected chi connectivity index (χ2v) is 8.32. The summed E-state index contributed by atoms with van der Waals surface area (Å²) in [5.74, 6) is 0.0385. The van der Waals surface area contributed by atoms with Crippen molar-refractivity contribution in [1.29, 1.82) is 0 Å². The molecule has 148 valence electrons. The third-order valence-corrected chi connectivity index (χ3v) is 6.39. The van der Waals surface area contributed by atoms with Crippen molar-refractivity contribution in [2.24, 2.45) is 11.7 Å². The standard InChI is InChI=1S/C19H30N6O2/c1-2-9-24-16-6-3-13(18(24)26)10-23(11-16)19(27)17-12-25(22-21-17)15-7-4-14(20)5-8-15/h12-16H,2-11,20H2,1H3/t13-,14?,15?,16+/m1/s1. The van der Waals surface area contributed by atoms with Crippen LogP contribution in [-0.2, 0) is 4.79 Å². The van der Waals surface area contributed by atoms with Crippen molar-refractivity contribution in [3.8, 4) is 0 Å². The molecule has 2 bridgehead atoms. The van der Waals surface area contributed by atoms with E-state index in [1.807, 2.05) is 14.5 Å². The number of amides is 2. The highest BCUT2D eigenvalue weighted by atomic mass is 16.2. The summed E-state index contributed by atoms with van der Waals surface area (Å²) >= 11 is 0. The van der Waals surface area contributed by atoms with Gasteiger partial charge in [0.05, 0.1) is 18.2 Å². The first kappa shape index (κ1) is 18.4. The Balaban J connectivity index is 1.46. The third kappa shape index (κ3) is 3.59. The molecule has 3 saturated heterocycles. The van der Waals surface area contributed by atoms with Crippen molar-refractivity contribution in [2.75, 3.05) is 19.6 Å². The number of carbonyl (C=O) groups excluding carboxylic acids is 2. The quantitative estimate of drug-likeness (QED) is 0.854. The van der Waals surface area contributed by atoms with Crippen LogP contribution in [0.25, 0.3) is 0 Å². The maximum Gasteiger partial charge on any atom is 0.276 e. The lowest BCUT2D eigenvalue weighted by molar-refractivity contribution is -0.139. The molecule has 2 N–H and O–H groups in total. The van der Waals surface area contributed by atoms with Gasteiger partial charge in [0.25, 0.3) is 5.91 Å². The summed E-state index contributed by atoms with van der Waals surface area (Å²) in [6.45, 7) is 3.97. The van der Waals surface area contributed by atoms with Gasteiger partial charge in [-0.25, -0.2) is 4.68 Å². The molecule has 8 heteroatoms. The lowest BCUT2D eigenvalue weighted by atomic mass is 9.92. The lowest BCUT2D eigenvalue weighted by Crippen LogP contribution is -2.48. The molecule has 8 nitrogen and oxygen atoms in total. The predicted molar refractivity (Wildman–Crippen MR) is 99.9 cm³/mol. The van der Waals surface area contributed by atoms with Gasteiger partial charge in [-0.1, -0.05) is 12.1 Å². The molecule has 4 aliphatic rings. The number of hydrogen-bond donors (Lipinski definition) is 1. The molecule has 1 saturated carbocycles. The number of carbonyl (C=O) groups is 2. The highest BCUT2D eigenvalue weighted by Crippen LogP contribution is 2.30. The van der Waals surface area contributed by atoms with E-state index in [0.29, 0.717) is 18.8 Å². The zero-order chi connectivity index (χ0) is 19.0. The molecule has 4 fully saturated rings. The van der Waals surface area contributed by atoms with E-state index >= 15 is 0 Å². The second kappa shape index (κ2) is 7.58. The van der Waals surface area contributed by atoms with Gasteiger partial charge in [-0.2, -0.15) is 0 Å². The Hall–Kier alpha value is -1.96. The highest BCUT2D eigenvalue weighted by molar-refractivity contribution is 5.93. The number of rotatable bonds is 4. The third-order valence-electron chi connectivity index (χ3n) is 6.39. The van der Waals surface area contributed by atoms with E-state index in [0.717, 1.165) is 51.5 Å². The van der Waals surface area contributed by atoms with Crippen LogP contribution in [0.4, 0.5) is 0 Å². The van der Waals surface area contributed by atoms with Crippen molar-refractivity contribution >= 4 is 11.8 Å². The minimum absolute atomic E-state index is 0.0749. The fraction of sp³-hybridized carbons (Fsp3) is 0.789. The number of nitrogens with zero attached hydrogens (tertiary/aromatic N) is 5. The zero-order valence-corrected chi connectivity index (χ0v) is 16.1. The summed E-state index contributed by atoms with van der Waals surface area (Å²) in [6.07, 6.45) is 8.51. The molecule has 3 aliphatic heterocycles. The Morgan fingerprint density at radius 1 is 1.15 bits per heavy atom.